The van der Waals surface area contributed by atoms with Crippen molar-refractivity contribution in [3.05, 3.63) is 29.8 Å². The van der Waals surface area contributed by atoms with Gasteiger partial charge in [-0.05, 0) is 49.7 Å². The Balaban J connectivity index is 1.31. The molecule has 6 heteroatoms. The minimum Gasteiger partial charge on any atom is -0.342 e. The van der Waals surface area contributed by atoms with Crippen molar-refractivity contribution in [3.8, 4) is 0 Å². The smallest absolute Gasteiger partial charge is 0.228 e. The molecule has 0 saturated carbocycles. The van der Waals surface area contributed by atoms with Crippen LogP contribution in [0, 0.1) is 11.8 Å². The molecule has 0 aromatic heterocycles. The third-order valence-corrected chi connectivity index (χ3v) is 6.96. The van der Waals surface area contributed by atoms with Crippen molar-refractivity contribution in [2.75, 3.05) is 37.6 Å². The summed E-state index contributed by atoms with van der Waals surface area (Å²) >= 11 is 0. The van der Waals surface area contributed by atoms with Gasteiger partial charge in [0.25, 0.3) is 0 Å². The molecule has 3 saturated heterocycles. The molecule has 3 aliphatic heterocycles. The molecular formula is C24H33N3O3. The lowest BCUT2D eigenvalue weighted by Crippen LogP contribution is -2.46. The second-order valence-electron chi connectivity index (χ2n) is 8.95. The molecule has 1 unspecified atom stereocenters. The Morgan fingerprint density at radius 2 is 1.80 bits per heavy atom. The lowest BCUT2D eigenvalue weighted by Gasteiger charge is -2.37. The van der Waals surface area contributed by atoms with Crippen molar-refractivity contribution < 1.29 is 14.4 Å². The number of likely N-dealkylation sites (tertiary alicyclic amines) is 2. The predicted octanol–water partition coefficient (Wildman–Crippen LogP) is 2.85. The van der Waals surface area contributed by atoms with Gasteiger partial charge >= 0.3 is 0 Å². The van der Waals surface area contributed by atoms with Crippen molar-refractivity contribution >= 4 is 23.4 Å². The average Bonchev–Trinajstić information content (AvgIpc) is 3.16. The maximum Gasteiger partial charge on any atom is 0.228 e. The van der Waals surface area contributed by atoms with E-state index in [1.807, 2.05) is 28.0 Å². The Hall–Kier alpha value is -2.37. The first-order valence-corrected chi connectivity index (χ1v) is 11.5. The summed E-state index contributed by atoms with van der Waals surface area (Å²) in [5, 5.41) is 0. The number of hydrogen-bond acceptors (Lipinski definition) is 3. The van der Waals surface area contributed by atoms with Crippen molar-refractivity contribution in [1.29, 1.82) is 0 Å². The highest BCUT2D eigenvalue weighted by molar-refractivity contribution is 6.00. The van der Waals surface area contributed by atoms with Crippen LogP contribution in [0.4, 0.5) is 5.69 Å². The fourth-order valence-electron chi connectivity index (χ4n) is 5.14. The van der Waals surface area contributed by atoms with Gasteiger partial charge in [-0.15, -0.1) is 0 Å². The van der Waals surface area contributed by atoms with Crippen LogP contribution in [0.25, 0.3) is 0 Å². The van der Waals surface area contributed by atoms with Crippen LogP contribution < -0.4 is 4.90 Å². The molecule has 0 N–H and O–H groups in total. The van der Waals surface area contributed by atoms with Crippen molar-refractivity contribution in [1.82, 2.24) is 9.80 Å². The number of aryl methyl sites for hydroxylation is 1. The molecule has 0 radical (unpaired) electrons. The van der Waals surface area contributed by atoms with Gasteiger partial charge in [-0.3, -0.25) is 14.4 Å². The third-order valence-electron chi connectivity index (χ3n) is 6.96. The molecule has 30 heavy (non-hydrogen) atoms. The van der Waals surface area contributed by atoms with Crippen molar-refractivity contribution in [2.45, 2.75) is 51.9 Å². The normalized spacial score (nSPS) is 23.4. The highest BCUT2D eigenvalue weighted by Crippen LogP contribution is 2.30. The van der Waals surface area contributed by atoms with Crippen LogP contribution in [0.3, 0.4) is 0 Å². The second-order valence-corrected chi connectivity index (χ2v) is 8.95. The van der Waals surface area contributed by atoms with E-state index >= 15 is 0 Å². The van der Waals surface area contributed by atoms with Gasteiger partial charge < -0.3 is 14.7 Å². The van der Waals surface area contributed by atoms with E-state index in [4.69, 9.17) is 0 Å². The molecule has 3 amide bonds. The highest BCUT2D eigenvalue weighted by Gasteiger charge is 2.38. The average molecular weight is 412 g/mol. The number of hydrogen-bond donors (Lipinski definition) is 0. The summed E-state index contributed by atoms with van der Waals surface area (Å²) in [5.41, 5.74) is 2.09. The van der Waals surface area contributed by atoms with E-state index in [2.05, 4.69) is 13.0 Å². The quantitative estimate of drug-likeness (QED) is 0.749. The number of carbonyl (C=O) groups is 3. The Kier molecular flexibility index (Phi) is 6.40. The zero-order valence-corrected chi connectivity index (χ0v) is 18.0. The van der Waals surface area contributed by atoms with Gasteiger partial charge in [0.15, 0.2) is 0 Å². The molecule has 0 aliphatic carbocycles. The van der Waals surface area contributed by atoms with Gasteiger partial charge in [0.05, 0.1) is 5.92 Å². The van der Waals surface area contributed by atoms with E-state index in [1.165, 1.54) is 0 Å². The predicted molar refractivity (Wildman–Crippen MR) is 116 cm³/mol. The molecule has 162 valence electrons. The summed E-state index contributed by atoms with van der Waals surface area (Å²) in [6, 6.07) is 7.98. The topological polar surface area (TPSA) is 60.9 Å². The van der Waals surface area contributed by atoms with Gasteiger partial charge in [0.1, 0.15) is 0 Å². The van der Waals surface area contributed by atoms with Crippen LogP contribution in [0.2, 0.25) is 0 Å². The number of amides is 3. The van der Waals surface area contributed by atoms with E-state index in [0.29, 0.717) is 25.3 Å². The molecule has 6 nitrogen and oxygen atoms in total. The molecular weight excluding hydrogens is 378 g/mol. The van der Waals surface area contributed by atoms with Crippen LogP contribution in [0.15, 0.2) is 24.3 Å². The monoisotopic (exact) mass is 411 g/mol. The van der Waals surface area contributed by atoms with Crippen LogP contribution >= 0.6 is 0 Å². The molecule has 4 rings (SSSR count). The summed E-state index contributed by atoms with van der Waals surface area (Å²) in [7, 11) is 0. The lowest BCUT2D eigenvalue weighted by molar-refractivity contribution is -0.138. The Morgan fingerprint density at radius 1 is 1.03 bits per heavy atom. The van der Waals surface area contributed by atoms with E-state index in [0.717, 1.165) is 69.5 Å². The third kappa shape index (κ3) is 4.37. The zero-order chi connectivity index (χ0) is 21.1. The Labute approximate surface area is 179 Å². The number of rotatable bonds is 5. The minimum absolute atomic E-state index is 0.0488. The van der Waals surface area contributed by atoms with Crippen molar-refractivity contribution in [2.24, 2.45) is 11.8 Å². The largest absolute Gasteiger partial charge is 0.342 e. The van der Waals surface area contributed by atoms with Gasteiger partial charge in [-0.25, -0.2) is 0 Å². The highest BCUT2D eigenvalue weighted by atomic mass is 16.2. The zero-order valence-electron chi connectivity index (χ0n) is 18.0. The first-order valence-electron chi connectivity index (χ1n) is 11.5. The fourth-order valence-corrected chi connectivity index (χ4v) is 5.14. The molecule has 3 aliphatic rings. The molecule has 1 atom stereocenters. The van der Waals surface area contributed by atoms with Crippen LogP contribution in [-0.4, -0.2) is 60.2 Å². The maximum absolute atomic E-state index is 13.1. The van der Waals surface area contributed by atoms with Crippen LogP contribution in [0.1, 0.15) is 51.0 Å². The minimum atomic E-state index is -0.248. The van der Waals surface area contributed by atoms with Gasteiger partial charge in [-0.2, -0.15) is 0 Å². The molecule has 1 aromatic rings. The van der Waals surface area contributed by atoms with Gasteiger partial charge in [0, 0.05) is 51.3 Å². The Morgan fingerprint density at radius 3 is 2.53 bits per heavy atom. The summed E-state index contributed by atoms with van der Waals surface area (Å²) in [6.07, 6.45) is 5.87. The lowest BCUT2D eigenvalue weighted by atomic mass is 9.94. The van der Waals surface area contributed by atoms with E-state index in [1.54, 1.807) is 4.90 Å². The first-order chi connectivity index (χ1) is 14.6. The van der Waals surface area contributed by atoms with E-state index in [-0.39, 0.29) is 23.6 Å². The SMILES string of the molecule is CCc1ccccc1N1CC(C(=O)N2CCC(CN3CCCCC3=O)CC2)CC1=O. The number of nitrogens with zero attached hydrogens (tertiary/aromatic N) is 3. The summed E-state index contributed by atoms with van der Waals surface area (Å²) in [5.74, 6) is 0.689. The standard InChI is InChI=1S/C24H33N3O3/c1-2-19-7-3-4-8-21(19)27-17-20(15-23(27)29)24(30)25-13-10-18(11-14-25)16-26-12-6-5-9-22(26)28/h3-4,7-8,18,20H,2,5-6,9-17H2,1H3. The molecule has 1 aromatic carbocycles. The first kappa shape index (κ1) is 20.9. The maximum atomic E-state index is 13.1. The second kappa shape index (κ2) is 9.19. The number of benzene rings is 1. The van der Waals surface area contributed by atoms with Gasteiger partial charge in [-0.1, -0.05) is 25.1 Å². The van der Waals surface area contributed by atoms with E-state index < -0.39 is 0 Å². The molecule has 3 heterocycles. The molecule has 0 bridgehead atoms. The number of para-hydroxylation sites is 1. The molecule has 3 fully saturated rings. The van der Waals surface area contributed by atoms with Gasteiger partial charge in [0.2, 0.25) is 17.7 Å². The van der Waals surface area contributed by atoms with E-state index in [9.17, 15) is 14.4 Å². The fraction of sp³-hybridized carbons (Fsp3) is 0.625. The van der Waals surface area contributed by atoms with Crippen LogP contribution in [0.5, 0.6) is 0 Å². The number of carbonyl (C=O) groups excluding carboxylic acids is 3. The molecule has 0 spiro atoms. The number of anilines is 1. The Bertz CT molecular complexity index is 801. The van der Waals surface area contributed by atoms with Crippen molar-refractivity contribution in [3.63, 3.8) is 0 Å². The number of piperidine rings is 2. The summed E-state index contributed by atoms with van der Waals surface area (Å²) in [6.45, 7) is 5.77. The summed E-state index contributed by atoms with van der Waals surface area (Å²) in [4.78, 5) is 43.6. The van der Waals surface area contributed by atoms with Crippen LogP contribution in [-0.2, 0) is 20.8 Å². The summed E-state index contributed by atoms with van der Waals surface area (Å²) < 4.78 is 0.